The summed E-state index contributed by atoms with van der Waals surface area (Å²) in [6.45, 7) is 4.52. The maximum atomic E-state index is 12.3. The van der Waals surface area contributed by atoms with Gasteiger partial charge in [0.1, 0.15) is 0 Å². The molecule has 0 radical (unpaired) electrons. The molecule has 0 N–H and O–H groups in total. The number of amides is 2. The van der Waals surface area contributed by atoms with Crippen molar-refractivity contribution < 1.29 is 9.59 Å². The van der Waals surface area contributed by atoms with Gasteiger partial charge in [-0.25, -0.2) is 0 Å². The molecule has 1 atom stereocenters. The fourth-order valence-electron chi connectivity index (χ4n) is 3.34. The molecule has 1 aromatic rings. The van der Waals surface area contributed by atoms with E-state index in [1.165, 1.54) is 0 Å². The van der Waals surface area contributed by atoms with Crippen molar-refractivity contribution in [2.24, 2.45) is 0 Å². The lowest BCUT2D eigenvalue weighted by molar-refractivity contribution is -0.130. The Hall–Kier alpha value is -1.40. The van der Waals surface area contributed by atoms with Crippen LogP contribution in [0, 0.1) is 0 Å². The highest BCUT2D eigenvalue weighted by Gasteiger charge is 2.48. The van der Waals surface area contributed by atoms with Crippen LogP contribution in [0.4, 0.5) is 5.69 Å². The first kappa shape index (κ1) is 14.5. The van der Waals surface area contributed by atoms with Gasteiger partial charge in [0.05, 0.1) is 17.8 Å². The molecular weight excluding hydrogens is 286 g/mol. The minimum atomic E-state index is -0.0966. The molecule has 2 amide bonds. The number of carbonyl (C=O) groups is 2. The van der Waals surface area contributed by atoms with Gasteiger partial charge in [-0.3, -0.25) is 14.5 Å². The van der Waals surface area contributed by atoms with Gasteiger partial charge in [0, 0.05) is 31.4 Å². The molecule has 0 saturated carbocycles. The van der Waals surface area contributed by atoms with E-state index in [1.54, 1.807) is 11.3 Å². The Morgan fingerprint density at radius 3 is 2.90 bits per heavy atom. The van der Waals surface area contributed by atoms with Crippen LogP contribution in [-0.4, -0.2) is 60.4 Å². The highest BCUT2D eigenvalue weighted by atomic mass is 32.1. The monoisotopic (exact) mass is 307 g/mol. The molecule has 3 rings (SSSR count). The molecular formula is C15H21N3O2S. The molecule has 5 nitrogen and oxygen atoms in total. The average molecular weight is 307 g/mol. The maximum absolute atomic E-state index is 12.3. The van der Waals surface area contributed by atoms with Gasteiger partial charge in [0.15, 0.2) is 0 Å². The number of likely N-dealkylation sites (N-methyl/N-ethyl adjacent to an activating group) is 1. The second-order valence-electron chi connectivity index (χ2n) is 5.96. The third-order valence-electron chi connectivity index (χ3n) is 4.74. The summed E-state index contributed by atoms with van der Waals surface area (Å²) in [4.78, 5) is 30.2. The molecule has 114 valence electrons. The number of hydrogen-bond acceptors (Lipinski definition) is 4. The average Bonchev–Trinajstić information content (AvgIpc) is 3.13. The van der Waals surface area contributed by atoms with E-state index in [4.69, 9.17) is 0 Å². The smallest absolute Gasteiger partial charge is 0.241 e. The van der Waals surface area contributed by atoms with Crippen LogP contribution in [0.2, 0.25) is 0 Å². The van der Waals surface area contributed by atoms with Gasteiger partial charge in [0.2, 0.25) is 11.8 Å². The Labute approximate surface area is 129 Å². The van der Waals surface area contributed by atoms with Gasteiger partial charge in [-0.05, 0) is 24.9 Å². The molecule has 3 heterocycles. The van der Waals surface area contributed by atoms with E-state index in [-0.39, 0.29) is 17.4 Å². The van der Waals surface area contributed by atoms with Crippen LogP contribution in [-0.2, 0) is 9.59 Å². The number of likely N-dealkylation sites (tertiary alicyclic amines) is 1. The van der Waals surface area contributed by atoms with E-state index in [9.17, 15) is 9.59 Å². The van der Waals surface area contributed by atoms with Crippen LogP contribution in [0.5, 0.6) is 0 Å². The van der Waals surface area contributed by atoms with Gasteiger partial charge >= 0.3 is 0 Å². The van der Waals surface area contributed by atoms with Crippen molar-refractivity contribution in [3.63, 3.8) is 0 Å². The Kier molecular flexibility index (Phi) is 3.75. The van der Waals surface area contributed by atoms with Crippen LogP contribution in [0.1, 0.15) is 19.8 Å². The van der Waals surface area contributed by atoms with Crippen molar-refractivity contribution in [3.05, 3.63) is 16.8 Å². The SMILES string of the molecule is CCC(=O)N1CC[C@@]2(C1)CN(c1ccsc1)C(=O)CN2C. The zero-order valence-corrected chi connectivity index (χ0v) is 13.4. The normalized spacial score (nSPS) is 26.9. The van der Waals surface area contributed by atoms with E-state index in [0.29, 0.717) is 19.5 Å². The molecule has 1 spiro atoms. The zero-order valence-electron chi connectivity index (χ0n) is 12.5. The summed E-state index contributed by atoms with van der Waals surface area (Å²) in [6.07, 6.45) is 1.48. The van der Waals surface area contributed by atoms with Gasteiger partial charge in [-0.2, -0.15) is 11.3 Å². The Balaban J connectivity index is 1.82. The fraction of sp³-hybridized carbons (Fsp3) is 0.600. The number of rotatable bonds is 2. The minimum absolute atomic E-state index is 0.0966. The molecule has 21 heavy (non-hydrogen) atoms. The number of hydrogen-bond donors (Lipinski definition) is 0. The molecule has 2 fully saturated rings. The highest BCUT2D eigenvalue weighted by Crippen LogP contribution is 2.34. The van der Waals surface area contributed by atoms with Crippen molar-refractivity contribution in [2.75, 3.05) is 38.1 Å². The predicted molar refractivity (Wildman–Crippen MR) is 83.5 cm³/mol. The number of nitrogens with zero attached hydrogens (tertiary/aromatic N) is 3. The summed E-state index contributed by atoms with van der Waals surface area (Å²) >= 11 is 1.60. The minimum Gasteiger partial charge on any atom is -0.341 e. The molecule has 6 heteroatoms. The third-order valence-corrected chi connectivity index (χ3v) is 5.41. The van der Waals surface area contributed by atoms with Crippen molar-refractivity contribution in [1.82, 2.24) is 9.80 Å². The second kappa shape index (κ2) is 5.42. The summed E-state index contributed by atoms with van der Waals surface area (Å²) in [5.41, 5.74) is 0.887. The van der Waals surface area contributed by atoms with Crippen LogP contribution >= 0.6 is 11.3 Å². The van der Waals surface area contributed by atoms with Crippen molar-refractivity contribution >= 4 is 28.8 Å². The van der Waals surface area contributed by atoms with Crippen LogP contribution in [0.15, 0.2) is 16.8 Å². The van der Waals surface area contributed by atoms with Crippen molar-refractivity contribution in [2.45, 2.75) is 25.3 Å². The van der Waals surface area contributed by atoms with Gasteiger partial charge < -0.3 is 9.80 Å². The van der Waals surface area contributed by atoms with Crippen LogP contribution in [0.3, 0.4) is 0 Å². The fourth-order valence-corrected chi connectivity index (χ4v) is 3.98. The third kappa shape index (κ3) is 2.46. The van der Waals surface area contributed by atoms with Gasteiger partial charge in [0.25, 0.3) is 0 Å². The van der Waals surface area contributed by atoms with E-state index in [1.807, 2.05) is 40.6 Å². The Morgan fingerprint density at radius 1 is 1.43 bits per heavy atom. The highest BCUT2D eigenvalue weighted by molar-refractivity contribution is 7.08. The number of thiophene rings is 1. The van der Waals surface area contributed by atoms with E-state index in [2.05, 4.69) is 4.90 Å². The predicted octanol–water partition coefficient (Wildman–Crippen LogP) is 1.41. The Bertz CT molecular complexity index is 545. The lowest BCUT2D eigenvalue weighted by atomic mass is 9.93. The summed E-state index contributed by atoms with van der Waals surface area (Å²) in [5.74, 6) is 0.348. The summed E-state index contributed by atoms with van der Waals surface area (Å²) < 4.78 is 0. The molecule has 2 saturated heterocycles. The molecule has 1 aromatic heterocycles. The quantitative estimate of drug-likeness (QED) is 0.830. The van der Waals surface area contributed by atoms with E-state index >= 15 is 0 Å². The molecule has 2 aliphatic heterocycles. The lowest BCUT2D eigenvalue weighted by Crippen LogP contribution is -2.64. The zero-order chi connectivity index (χ0) is 15.0. The molecule has 2 aliphatic rings. The van der Waals surface area contributed by atoms with Crippen molar-refractivity contribution in [1.29, 1.82) is 0 Å². The van der Waals surface area contributed by atoms with Crippen LogP contribution < -0.4 is 4.90 Å². The largest absolute Gasteiger partial charge is 0.341 e. The van der Waals surface area contributed by atoms with Gasteiger partial charge in [-0.1, -0.05) is 6.92 Å². The Morgan fingerprint density at radius 2 is 2.24 bits per heavy atom. The molecule has 0 unspecified atom stereocenters. The van der Waals surface area contributed by atoms with Crippen molar-refractivity contribution in [3.8, 4) is 0 Å². The van der Waals surface area contributed by atoms with E-state index < -0.39 is 0 Å². The van der Waals surface area contributed by atoms with Crippen LogP contribution in [0.25, 0.3) is 0 Å². The second-order valence-corrected chi connectivity index (χ2v) is 6.74. The topological polar surface area (TPSA) is 43.9 Å². The summed E-state index contributed by atoms with van der Waals surface area (Å²) in [6, 6.07) is 1.99. The molecule has 0 aliphatic carbocycles. The lowest BCUT2D eigenvalue weighted by Gasteiger charge is -2.46. The number of piperazine rings is 1. The number of carbonyl (C=O) groups excluding carboxylic acids is 2. The number of anilines is 1. The van der Waals surface area contributed by atoms with Gasteiger partial charge in [-0.15, -0.1) is 0 Å². The first-order chi connectivity index (χ1) is 10.1. The summed E-state index contributed by atoms with van der Waals surface area (Å²) in [5, 5.41) is 4.01. The maximum Gasteiger partial charge on any atom is 0.241 e. The molecule has 0 bridgehead atoms. The summed E-state index contributed by atoms with van der Waals surface area (Å²) in [7, 11) is 2.00. The standard InChI is InChI=1S/C15H21N3O2S/c1-3-13(19)17-6-5-15(10-17)11-18(12-4-7-21-9-12)14(20)8-16(15)2/h4,7,9H,3,5-6,8,10-11H2,1-2H3/t15-/m1/s1. The first-order valence-electron chi connectivity index (χ1n) is 7.37. The van der Waals surface area contributed by atoms with E-state index in [0.717, 1.165) is 25.2 Å². The first-order valence-corrected chi connectivity index (χ1v) is 8.31. The molecule has 0 aromatic carbocycles.